The first-order valence-electron chi connectivity index (χ1n) is 7.42. The average Bonchev–Trinajstić information content (AvgIpc) is 2.54. The molecule has 0 heterocycles. The molecule has 0 aliphatic heterocycles. The summed E-state index contributed by atoms with van der Waals surface area (Å²) >= 11 is 1.50. The molecule has 5 nitrogen and oxygen atoms in total. The third-order valence-electron chi connectivity index (χ3n) is 3.38. The van der Waals surface area contributed by atoms with Crippen molar-refractivity contribution in [2.24, 2.45) is 5.14 Å². The minimum atomic E-state index is -3.66. The van der Waals surface area contributed by atoms with E-state index >= 15 is 0 Å². The van der Waals surface area contributed by atoms with Crippen LogP contribution in [-0.2, 0) is 21.2 Å². The van der Waals surface area contributed by atoms with E-state index in [1.54, 1.807) is 12.1 Å². The fraction of sp³-hybridized carbons (Fsp3) is 0.235. The van der Waals surface area contributed by atoms with Crippen LogP contribution in [0.5, 0.6) is 0 Å². The van der Waals surface area contributed by atoms with Gasteiger partial charge < -0.3 is 5.32 Å². The van der Waals surface area contributed by atoms with Crippen LogP contribution in [0.2, 0.25) is 0 Å². The lowest BCUT2D eigenvalue weighted by atomic mass is 10.1. The molecule has 2 aromatic carbocycles. The Balaban J connectivity index is 1.73. The number of hydrogen-bond acceptors (Lipinski definition) is 4. The highest BCUT2D eigenvalue weighted by Gasteiger charge is 2.07. The number of rotatable bonds is 7. The number of nitrogens with one attached hydrogen (secondary N) is 1. The summed E-state index contributed by atoms with van der Waals surface area (Å²) in [5, 5.41) is 7.90. The highest BCUT2D eigenvalue weighted by molar-refractivity contribution is 8.00. The van der Waals surface area contributed by atoms with Gasteiger partial charge >= 0.3 is 0 Å². The molecule has 0 spiro atoms. The Morgan fingerprint density at radius 2 is 1.71 bits per heavy atom. The zero-order chi connectivity index (χ0) is 17.6. The van der Waals surface area contributed by atoms with Crippen molar-refractivity contribution in [2.45, 2.75) is 23.1 Å². The minimum absolute atomic E-state index is 0.0262. The molecular formula is C17H20N2O3S2. The number of aryl methyl sites for hydroxylation is 1. The molecule has 0 saturated carbocycles. The molecule has 0 aliphatic rings. The first-order chi connectivity index (χ1) is 11.3. The molecule has 0 unspecified atom stereocenters. The second-order valence-corrected chi connectivity index (χ2v) is 8.00. The van der Waals surface area contributed by atoms with Crippen LogP contribution in [0.15, 0.2) is 58.3 Å². The van der Waals surface area contributed by atoms with Gasteiger partial charge in [0.15, 0.2) is 0 Å². The largest absolute Gasteiger partial charge is 0.355 e. The van der Waals surface area contributed by atoms with E-state index in [4.69, 9.17) is 5.14 Å². The van der Waals surface area contributed by atoms with E-state index < -0.39 is 10.0 Å². The first-order valence-corrected chi connectivity index (χ1v) is 9.96. The summed E-state index contributed by atoms with van der Waals surface area (Å²) in [5.41, 5.74) is 2.13. The Kier molecular flexibility index (Phi) is 6.42. The molecule has 7 heteroatoms. The zero-order valence-electron chi connectivity index (χ0n) is 13.4. The second kappa shape index (κ2) is 8.32. The number of sulfonamides is 1. The van der Waals surface area contributed by atoms with Crippen molar-refractivity contribution in [1.82, 2.24) is 5.32 Å². The third kappa shape index (κ3) is 5.99. The van der Waals surface area contributed by atoms with Crippen LogP contribution in [-0.4, -0.2) is 26.6 Å². The van der Waals surface area contributed by atoms with Crippen molar-refractivity contribution in [3.05, 3.63) is 59.7 Å². The van der Waals surface area contributed by atoms with Crippen LogP contribution in [0.3, 0.4) is 0 Å². The molecule has 0 aromatic heterocycles. The van der Waals surface area contributed by atoms with E-state index in [2.05, 4.69) is 5.32 Å². The van der Waals surface area contributed by atoms with E-state index in [1.165, 1.54) is 29.5 Å². The van der Waals surface area contributed by atoms with Crippen molar-refractivity contribution >= 4 is 27.7 Å². The zero-order valence-corrected chi connectivity index (χ0v) is 15.0. The van der Waals surface area contributed by atoms with E-state index in [1.807, 2.05) is 31.2 Å². The maximum atomic E-state index is 11.8. The lowest BCUT2D eigenvalue weighted by Crippen LogP contribution is -2.27. The predicted octanol–water partition coefficient (Wildman–Crippen LogP) is 2.09. The summed E-state index contributed by atoms with van der Waals surface area (Å²) < 4.78 is 22.3. The first kappa shape index (κ1) is 18.5. The molecular weight excluding hydrogens is 344 g/mol. The van der Waals surface area contributed by atoms with Gasteiger partial charge in [0.25, 0.3) is 0 Å². The molecule has 2 rings (SSSR count). The second-order valence-electron chi connectivity index (χ2n) is 5.39. The molecule has 128 valence electrons. The number of carbonyl (C=O) groups excluding carboxylic acids is 1. The maximum Gasteiger partial charge on any atom is 0.238 e. The van der Waals surface area contributed by atoms with Gasteiger partial charge in [-0.15, -0.1) is 11.8 Å². The van der Waals surface area contributed by atoms with Gasteiger partial charge in [0.05, 0.1) is 10.6 Å². The fourth-order valence-corrected chi connectivity index (χ4v) is 3.27. The molecule has 0 fully saturated rings. The summed E-state index contributed by atoms with van der Waals surface area (Å²) in [6, 6.07) is 14.4. The van der Waals surface area contributed by atoms with E-state index in [-0.39, 0.29) is 10.8 Å². The topological polar surface area (TPSA) is 89.3 Å². The molecule has 3 N–H and O–H groups in total. The van der Waals surface area contributed by atoms with Gasteiger partial charge in [-0.3, -0.25) is 4.79 Å². The van der Waals surface area contributed by atoms with Gasteiger partial charge in [0.2, 0.25) is 15.9 Å². The van der Waals surface area contributed by atoms with Gasteiger partial charge in [-0.1, -0.05) is 29.8 Å². The van der Waals surface area contributed by atoms with E-state index in [0.29, 0.717) is 18.7 Å². The number of nitrogens with two attached hydrogens (primary N) is 1. The predicted molar refractivity (Wildman–Crippen MR) is 96.4 cm³/mol. The standard InChI is InChI=1S/C17H20N2O3S2/c1-13-2-6-15(7-3-13)23-12-17(20)19-11-10-14-4-8-16(9-5-14)24(18,21)22/h2-9H,10-12H2,1H3,(H,19,20)(H2,18,21,22). The fourth-order valence-electron chi connectivity index (χ4n) is 2.03. The molecule has 2 aromatic rings. The molecule has 0 radical (unpaired) electrons. The third-order valence-corrected chi connectivity index (χ3v) is 5.32. The van der Waals surface area contributed by atoms with Crippen molar-refractivity contribution in [3.8, 4) is 0 Å². The molecule has 0 aliphatic carbocycles. The van der Waals surface area contributed by atoms with Crippen LogP contribution in [0.1, 0.15) is 11.1 Å². The van der Waals surface area contributed by atoms with Gasteiger partial charge in [-0.2, -0.15) is 0 Å². The quantitative estimate of drug-likeness (QED) is 0.736. The van der Waals surface area contributed by atoms with Gasteiger partial charge in [0.1, 0.15) is 0 Å². The highest BCUT2D eigenvalue weighted by Crippen LogP contribution is 2.17. The molecule has 0 atom stereocenters. The van der Waals surface area contributed by atoms with Crippen molar-refractivity contribution in [3.63, 3.8) is 0 Å². The Labute approximate surface area is 146 Å². The van der Waals surface area contributed by atoms with Crippen molar-refractivity contribution in [2.75, 3.05) is 12.3 Å². The lowest BCUT2D eigenvalue weighted by molar-refractivity contribution is -0.118. The van der Waals surface area contributed by atoms with Crippen LogP contribution >= 0.6 is 11.8 Å². The van der Waals surface area contributed by atoms with Gasteiger partial charge in [-0.05, 0) is 43.2 Å². The van der Waals surface area contributed by atoms with Crippen LogP contribution in [0.4, 0.5) is 0 Å². The molecule has 1 amide bonds. The smallest absolute Gasteiger partial charge is 0.238 e. The molecule has 0 saturated heterocycles. The van der Waals surface area contributed by atoms with Gasteiger partial charge in [-0.25, -0.2) is 13.6 Å². The van der Waals surface area contributed by atoms with Crippen molar-refractivity contribution in [1.29, 1.82) is 0 Å². The Hall–Kier alpha value is -1.83. The highest BCUT2D eigenvalue weighted by atomic mass is 32.2. The Bertz CT molecular complexity index is 786. The monoisotopic (exact) mass is 364 g/mol. The number of primary sulfonamides is 1. The summed E-state index contributed by atoms with van der Waals surface area (Å²) in [6.07, 6.45) is 0.631. The van der Waals surface area contributed by atoms with E-state index in [9.17, 15) is 13.2 Å². The Morgan fingerprint density at radius 3 is 2.29 bits per heavy atom. The number of carbonyl (C=O) groups is 1. The minimum Gasteiger partial charge on any atom is -0.355 e. The number of benzene rings is 2. The average molecular weight is 364 g/mol. The number of hydrogen-bond donors (Lipinski definition) is 2. The maximum absolute atomic E-state index is 11.8. The summed E-state index contributed by atoms with van der Waals surface area (Å²) in [5.74, 6) is 0.342. The summed E-state index contributed by atoms with van der Waals surface area (Å²) in [6.45, 7) is 2.53. The number of thioether (sulfide) groups is 1. The Morgan fingerprint density at radius 1 is 1.08 bits per heavy atom. The SMILES string of the molecule is Cc1ccc(SCC(=O)NCCc2ccc(S(N)(=O)=O)cc2)cc1. The summed E-state index contributed by atoms with van der Waals surface area (Å²) in [7, 11) is -3.66. The lowest BCUT2D eigenvalue weighted by Gasteiger charge is -2.06. The summed E-state index contributed by atoms with van der Waals surface area (Å²) in [4.78, 5) is 13.0. The van der Waals surface area contributed by atoms with E-state index in [0.717, 1.165) is 10.5 Å². The number of amides is 1. The van der Waals surface area contributed by atoms with Gasteiger partial charge in [0, 0.05) is 11.4 Å². The normalized spacial score (nSPS) is 11.2. The van der Waals surface area contributed by atoms with Crippen LogP contribution in [0.25, 0.3) is 0 Å². The molecule has 0 bridgehead atoms. The van der Waals surface area contributed by atoms with Crippen molar-refractivity contribution < 1.29 is 13.2 Å². The van der Waals surface area contributed by atoms with Crippen LogP contribution in [0, 0.1) is 6.92 Å². The molecule has 24 heavy (non-hydrogen) atoms. The van der Waals surface area contributed by atoms with Crippen LogP contribution < -0.4 is 10.5 Å².